The van der Waals surface area contributed by atoms with Crippen molar-refractivity contribution in [1.29, 1.82) is 21.6 Å². The first-order valence-corrected chi connectivity index (χ1v) is 42.5. The second kappa shape index (κ2) is 43.7. The van der Waals surface area contributed by atoms with Crippen molar-refractivity contribution in [3.05, 3.63) is 348 Å². The number of halogens is 12. The van der Waals surface area contributed by atoms with Crippen LogP contribution < -0.4 is 42.5 Å². The molecule has 8 amide bonds. The van der Waals surface area contributed by atoms with E-state index in [0.29, 0.717) is 75.7 Å². The van der Waals surface area contributed by atoms with Gasteiger partial charge in [-0.1, -0.05) is 140 Å². The first-order valence-electron chi connectivity index (χ1n) is 38.7. The number of likely N-dealkylation sites (tertiary alicyclic amines) is 2. The molecule has 0 radical (unpaired) electrons. The molecule has 7 heterocycles. The number of anilines is 8. The number of carbonyl (C=O) groups excluding carboxylic acids is 8. The highest BCUT2D eigenvalue weighted by Crippen LogP contribution is 2.32. The molecule has 12 N–H and O–H groups in total. The van der Waals surface area contributed by atoms with Crippen molar-refractivity contribution in [3.8, 4) is 0 Å². The van der Waals surface area contributed by atoms with Crippen LogP contribution in [0.15, 0.2) is 219 Å². The average Bonchev–Trinajstić information content (AvgIpc) is 1.000. The molecule has 0 unspecified atom stereocenters. The third-order valence-electron chi connectivity index (χ3n) is 19.3. The third-order valence-corrected chi connectivity index (χ3v) is 21.7. The monoisotopic (exact) mass is 1950 g/mol. The molecule has 0 bridgehead atoms. The molecular formula is C90H70Cl10F2N20O8. The SMILES string of the molecule is CN(C)C(=N)c1ccc(C(=O)Nc2ccc(Cl)cc2C(=O)Nc2ccc(Cl)cn2)c(F)c1.N=C(c1ccc(C(=O)Nc2ccc(Cl)cc2C(=O)Nc2ccc(Cl)cn2)c(Cl)c1)N1CC1.N=C(c1ccc(C(=O)Nc2ccc(Cl)cc2C(=O)Nc2ccc(Cl)cn2)c(Cl)c1)N1CCC1.N=C(c1ccc(C(=O)Nc2ccc(Cl)cc2C(=O)Nc2ccc(Cl)cn2)c(F)c1)N1CCC1. The van der Waals surface area contributed by atoms with Crippen molar-refractivity contribution in [2.24, 2.45) is 0 Å². The molecule has 40 heteroatoms. The third kappa shape index (κ3) is 25.4. The number of rotatable bonds is 20. The Morgan fingerprint density at radius 3 is 0.762 bits per heavy atom. The number of hydrogen-bond acceptors (Lipinski definition) is 16. The topological polar surface area (TPSA) is 392 Å². The molecule has 12 aromatic rings. The number of aromatic nitrogens is 4. The van der Waals surface area contributed by atoms with Crippen LogP contribution >= 0.6 is 116 Å². The van der Waals surface area contributed by atoms with Crippen molar-refractivity contribution in [2.75, 3.05) is 95.9 Å². The van der Waals surface area contributed by atoms with Crippen LogP contribution in [0.2, 0.25) is 50.2 Å². The van der Waals surface area contributed by atoms with Crippen LogP contribution in [-0.4, -0.2) is 163 Å². The number of hydrogen-bond donors (Lipinski definition) is 12. The molecule has 0 atom stereocenters. The van der Waals surface area contributed by atoms with Crippen molar-refractivity contribution in [1.82, 2.24) is 39.5 Å². The van der Waals surface area contributed by atoms with Crippen molar-refractivity contribution >= 4 is 233 Å². The van der Waals surface area contributed by atoms with Gasteiger partial charge in [-0.2, -0.15) is 0 Å². The Morgan fingerprint density at radius 1 is 0.285 bits per heavy atom. The minimum atomic E-state index is -0.795. The Bertz CT molecular complexity index is 6080. The molecule has 28 nitrogen and oxygen atoms in total. The van der Waals surface area contributed by atoms with E-state index < -0.39 is 58.9 Å². The summed E-state index contributed by atoms with van der Waals surface area (Å²) in [5.74, 6) is -4.05. The summed E-state index contributed by atoms with van der Waals surface area (Å²) in [4.78, 5) is 126. The zero-order valence-electron chi connectivity index (χ0n) is 67.8. The van der Waals surface area contributed by atoms with Crippen molar-refractivity contribution < 1.29 is 47.1 Å². The molecule has 3 aliphatic rings. The number of carbonyl (C=O) groups is 8. The van der Waals surface area contributed by atoms with E-state index in [9.17, 15) is 47.1 Å². The number of amidine groups is 4. The Hall–Kier alpha value is -13.2. The molecule has 3 aliphatic heterocycles. The Balaban J connectivity index is 0.000000157. The summed E-state index contributed by atoms with van der Waals surface area (Å²) in [6.07, 6.45) is 7.62. The summed E-state index contributed by atoms with van der Waals surface area (Å²) in [5, 5.41) is 56.7. The molecule has 0 saturated carbocycles. The zero-order chi connectivity index (χ0) is 93.3. The highest BCUT2D eigenvalue weighted by molar-refractivity contribution is 6.37. The van der Waals surface area contributed by atoms with Gasteiger partial charge < -0.3 is 62.1 Å². The highest BCUT2D eigenvalue weighted by Gasteiger charge is 2.29. The molecule has 0 aliphatic carbocycles. The van der Waals surface area contributed by atoms with Crippen molar-refractivity contribution in [2.45, 2.75) is 12.8 Å². The smallest absolute Gasteiger partial charge is 0.258 e. The lowest BCUT2D eigenvalue weighted by atomic mass is 10.1. The van der Waals surface area contributed by atoms with Gasteiger partial charge in [0.25, 0.3) is 47.3 Å². The van der Waals surface area contributed by atoms with E-state index in [4.69, 9.17) is 138 Å². The van der Waals surface area contributed by atoms with Gasteiger partial charge in [0.05, 0.1) is 97.4 Å². The number of nitrogens with zero attached hydrogens (tertiary/aromatic N) is 8. The fourth-order valence-corrected chi connectivity index (χ4v) is 13.8. The Labute approximate surface area is 791 Å². The van der Waals surface area contributed by atoms with E-state index in [1.165, 1.54) is 127 Å². The van der Waals surface area contributed by atoms with Crippen LogP contribution in [-0.2, 0) is 0 Å². The van der Waals surface area contributed by atoms with E-state index in [2.05, 4.69) is 62.5 Å². The first-order chi connectivity index (χ1) is 62.1. The Morgan fingerprint density at radius 2 is 0.523 bits per heavy atom. The van der Waals surface area contributed by atoms with E-state index in [1.807, 2.05) is 14.7 Å². The summed E-state index contributed by atoms with van der Waals surface area (Å²) in [6.45, 7) is 4.87. The normalized spacial score (nSPS) is 12.0. The predicted molar refractivity (Wildman–Crippen MR) is 507 cm³/mol. The van der Waals surface area contributed by atoms with Crippen molar-refractivity contribution in [3.63, 3.8) is 0 Å². The summed E-state index contributed by atoms with van der Waals surface area (Å²) >= 11 is 60.1. The standard InChI is InChI=1S/C23H18Cl3N5O2.C23H18Cl2FN5O2.C22H16Cl3N5O2.C22H18Cl2FN5O2/c2*24-14-3-6-19(17(11-14)23(33)30-20-7-4-15(25)12-28-20)29-22(32)16-5-2-13(10-18(16)26)21(27)31-8-1-9-31;23-13-2-5-18(16(10-13)22(32)29-19-6-3-14(24)11-27-19)28-21(31)15-4-1-12(9-17(15)25)20(26)30-7-8-30;1-30(2)20(26)12-3-6-15(17(25)9-12)21(31)28-18-7-4-13(23)10-16(18)22(32)29-19-8-5-14(24)11-27-19/h2*2-7,10-12,27H,1,8-9H2,(H,29,32)(H,28,30,33);1-6,9-11,26H,7-8H2,(H,28,31)(H,27,29,32);3-11,26H,1-2H3,(H,28,31)(H,27,29,32). The lowest BCUT2D eigenvalue weighted by Gasteiger charge is -2.33. The molecule has 4 aromatic heterocycles. The number of pyridine rings is 4. The average molecular weight is 1950 g/mol. The van der Waals surface area contributed by atoms with Crippen LogP contribution in [0.25, 0.3) is 0 Å². The Kier molecular flexibility index (Phi) is 32.2. The lowest BCUT2D eigenvalue weighted by Crippen LogP contribution is -2.42. The molecule has 662 valence electrons. The van der Waals surface area contributed by atoms with Gasteiger partial charge in [-0.05, 0) is 183 Å². The fourth-order valence-electron chi connectivity index (χ4n) is 12.1. The van der Waals surface area contributed by atoms with Gasteiger partial charge in [-0.3, -0.25) is 60.0 Å². The largest absolute Gasteiger partial charge is 0.363 e. The van der Waals surface area contributed by atoms with Crippen LogP contribution in [0, 0.1) is 33.3 Å². The highest BCUT2D eigenvalue weighted by atomic mass is 35.5. The van der Waals surface area contributed by atoms with E-state index in [1.54, 1.807) is 99.0 Å². The maximum absolute atomic E-state index is 14.7. The maximum atomic E-state index is 14.7. The lowest BCUT2D eigenvalue weighted by molar-refractivity contribution is 0.100. The fraction of sp³-hybridized carbons (Fsp3) is 0.111. The minimum Gasteiger partial charge on any atom is -0.363 e. The molecule has 130 heavy (non-hydrogen) atoms. The van der Waals surface area contributed by atoms with E-state index >= 15 is 0 Å². The predicted octanol–water partition coefficient (Wildman–Crippen LogP) is 20.7. The van der Waals surface area contributed by atoms with Crippen LogP contribution in [0.5, 0.6) is 0 Å². The van der Waals surface area contributed by atoms with Gasteiger partial charge in [-0.15, -0.1) is 0 Å². The van der Waals surface area contributed by atoms with Gasteiger partial charge in [-0.25, -0.2) is 28.7 Å². The quantitative estimate of drug-likeness (QED) is 0.0192. The van der Waals surface area contributed by atoms with Crippen LogP contribution in [0.4, 0.5) is 54.8 Å². The molecule has 8 aromatic carbocycles. The summed E-state index contributed by atoms with van der Waals surface area (Å²) < 4.78 is 29.3. The minimum absolute atomic E-state index is 0.0639. The molecule has 15 rings (SSSR count). The molecule has 0 spiro atoms. The second-order valence-electron chi connectivity index (χ2n) is 28.6. The zero-order valence-corrected chi connectivity index (χ0v) is 75.4. The summed E-state index contributed by atoms with van der Waals surface area (Å²) in [5.41, 5.74) is 3.21. The molecule has 3 saturated heterocycles. The summed E-state index contributed by atoms with van der Waals surface area (Å²) in [7, 11) is 3.32. The molecule has 3 fully saturated rings. The van der Waals surface area contributed by atoms with Crippen LogP contribution in [0.1, 0.15) is 118 Å². The van der Waals surface area contributed by atoms with Gasteiger partial charge in [0.1, 0.15) is 58.2 Å². The van der Waals surface area contributed by atoms with E-state index in [-0.39, 0.29) is 111 Å². The maximum Gasteiger partial charge on any atom is 0.258 e. The number of nitrogens with one attached hydrogen (secondary N) is 12. The second-order valence-corrected chi connectivity index (χ2v) is 32.9. The van der Waals surface area contributed by atoms with Gasteiger partial charge >= 0.3 is 0 Å². The number of amides is 8. The van der Waals surface area contributed by atoms with Gasteiger partial charge in [0.2, 0.25) is 0 Å². The van der Waals surface area contributed by atoms with Crippen LogP contribution in [0.3, 0.4) is 0 Å². The van der Waals surface area contributed by atoms with Gasteiger partial charge in [0, 0.05) is 120 Å². The molecular weight excluding hydrogens is 1880 g/mol. The first kappa shape index (κ1) is 95.9. The van der Waals surface area contributed by atoms with Gasteiger partial charge in [0.15, 0.2) is 0 Å². The number of benzene rings is 8. The summed E-state index contributed by atoms with van der Waals surface area (Å²) in [6, 6.07) is 47.7. The van der Waals surface area contributed by atoms with E-state index in [0.717, 1.165) is 64.2 Å².